The number of carboxylic acids is 1. The number of aliphatic carboxylic acids is 1. The van der Waals surface area contributed by atoms with E-state index in [2.05, 4.69) is 16.0 Å². The largest absolute Gasteiger partial charge is 0.480 e. The Kier molecular flexibility index (Phi) is 14.2. The van der Waals surface area contributed by atoms with E-state index in [1.165, 1.54) is 11.8 Å². The number of carbonyl (C=O) groups excluding carboxylic acids is 3. The Hall–Kier alpha value is -2.59. The maximum atomic E-state index is 13.3. The van der Waals surface area contributed by atoms with E-state index in [4.69, 9.17) is 5.73 Å². The Morgan fingerprint density at radius 3 is 1.89 bits per heavy atom. The van der Waals surface area contributed by atoms with Crippen LogP contribution < -0.4 is 21.7 Å². The van der Waals surface area contributed by atoms with E-state index >= 15 is 0 Å². The van der Waals surface area contributed by atoms with E-state index in [1.807, 2.05) is 64.3 Å². The van der Waals surface area contributed by atoms with Gasteiger partial charge in [0.15, 0.2) is 0 Å². The maximum Gasteiger partial charge on any atom is 0.326 e. The van der Waals surface area contributed by atoms with Gasteiger partial charge < -0.3 is 26.8 Å². The van der Waals surface area contributed by atoms with Gasteiger partial charge in [-0.25, -0.2) is 4.79 Å². The van der Waals surface area contributed by atoms with E-state index in [1.54, 1.807) is 0 Å². The number of amides is 3. The molecule has 0 bridgehead atoms. The molecule has 0 aliphatic carbocycles. The number of nitrogens with one attached hydrogen (secondary N) is 3. The van der Waals surface area contributed by atoms with Crippen LogP contribution in [0.4, 0.5) is 0 Å². The number of rotatable bonds is 16. The first-order valence-electron chi connectivity index (χ1n) is 12.4. The lowest BCUT2D eigenvalue weighted by atomic mass is 10.0. The lowest BCUT2D eigenvalue weighted by molar-refractivity contribution is -0.142. The predicted octanol–water partition coefficient (Wildman–Crippen LogP) is 1.94. The van der Waals surface area contributed by atoms with Crippen molar-refractivity contribution in [1.82, 2.24) is 16.0 Å². The van der Waals surface area contributed by atoms with Crippen LogP contribution in [0.5, 0.6) is 0 Å². The number of hydrogen-bond donors (Lipinski definition) is 5. The molecular weight excluding hydrogens is 480 g/mol. The highest BCUT2D eigenvalue weighted by molar-refractivity contribution is 7.98. The SMILES string of the molecule is CSCCC(NC(=O)C(N)CC(C)C)C(=O)NC(Cc1ccccc1)C(=O)NC(CC(C)C)C(=O)O. The molecule has 1 aromatic carbocycles. The summed E-state index contributed by atoms with van der Waals surface area (Å²) in [5.41, 5.74) is 6.80. The van der Waals surface area contributed by atoms with Gasteiger partial charge in [-0.2, -0.15) is 11.8 Å². The topological polar surface area (TPSA) is 151 Å². The highest BCUT2D eigenvalue weighted by Gasteiger charge is 2.30. The van der Waals surface area contributed by atoms with Crippen molar-refractivity contribution in [3.63, 3.8) is 0 Å². The minimum absolute atomic E-state index is 0.0507. The molecule has 0 saturated carbocycles. The number of benzene rings is 1. The summed E-state index contributed by atoms with van der Waals surface area (Å²) < 4.78 is 0. The zero-order valence-electron chi connectivity index (χ0n) is 22.0. The van der Waals surface area contributed by atoms with Crippen molar-refractivity contribution < 1.29 is 24.3 Å². The average Bonchev–Trinajstić information content (AvgIpc) is 2.80. The molecule has 0 saturated heterocycles. The van der Waals surface area contributed by atoms with Gasteiger partial charge in [0.25, 0.3) is 0 Å². The van der Waals surface area contributed by atoms with Gasteiger partial charge in [0, 0.05) is 6.42 Å². The number of thioether (sulfide) groups is 1. The zero-order valence-corrected chi connectivity index (χ0v) is 22.8. The van der Waals surface area contributed by atoms with Gasteiger partial charge in [-0.3, -0.25) is 14.4 Å². The number of carbonyl (C=O) groups is 4. The summed E-state index contributed by atoms with van der Waals surface area (Å²) in [6.45, 7) is 7.66. The molecule has 3 amide bonds. The number of nitrogens with two attached hydrogens (primary N) is 1. The summed E-state index contributed by atoms with van der Waals surface area (Å²) in [6, 6.07) is 5.42. The molecule has 0 aromatic heterocycles. The molecule has 1 aromatic rings. The molecule has 9 nitrogen and oxygen atoms in total. The summed E-state index contributed by atoms with van der Waals surface area (Å²) in [4.78, 5) is 50.7. The van der Waals surface area contributed by atoms with Crippen LogP contribution in [-0.4, -0.2) is 65.0 Å². The molecule has 0 spiro atoms. The smallest absolute Gasteiger partial charge is 0.326 e. The number of hydrogen-bond acceptors (Lipinski definition) is 6. The number of carboxylic acid groups (broad SMARTS) is 1. The molecular formula is C26H42N4O5S. The van der Waals surface area contributed by atoms with Crippen LogP contribution in [0.2, 0.25) is 0 Å². The van der Waals surface area contributed by atoms with Crippen molar-refractivity contribution in [1.29, 1.82) is 0 Å². The molecule has 0 aliphatic heterocycles. The van der Waals surface area contributed by atoms with Crippen molar-refractivity contribution in [2.75, 3.05) is 12.0 Å². The summed E-state index contributed by atoms with van der Waals surface area (Å²) in [5.74, 6) is -1.77. The van der Waals surface area contributed by atoms with Crippen molar-refractivity contribution in [2.45, 2.75) is 77.5 Å². The highest BCUT2D eigenvalue weighted by Crippen LogP contribution is 2.10. The fraction of sp³-hybridized carbons (Fsp3) is 0.615. The second-order valence-electron chi connectivity index (χ2n) is 9.86. The van der Waals surface area contributed by atoms with Crippen LogP contribution in [0.15, 0.2) is 30.3 Å². The van der Waals surface area contributed by atoms with E-state index in [0.717, 1.165) is 5.56 Å². The second kappa shape index (κ2) is 16.2. The van der Waals surface area contributed by atoms with Gasteiger partial charge in [0.2, 0.25) is 17.7 Å². The van der Waals surface area contributed by atoms with Crippen molar-refractivity contribution in [3.05, 3.63) is 35.9 Å². The van der Waals surface area contributed by atoms with E-state index in [9.17, 15) is 24.3 Å². The Labute approximate surface area is 218 Å². The minimum atomic E-state index is -1.13. The third-order valence-electron chi connectivity index (χ3n) is 5.54. The Balaban J connectivity index is 3.09. The average molecular weight is 523 g/mol. The Bertz CT molecular complexity index is 850. The van der Waals surface area contributed by atoms with Crippen LogP contribution in [0.3, 0.4) is 0 Å². The third-order valence-corrected chi connectivity index (χ3v) is 6.19. The molecule has 6 N–H and O–H groups in total. The van der Waals surface area contributed by atoms with Crippen molar-refractivity contribution in [3.8, 4) is 0 Å². The van der Waals surface area contributed by atoms with Gasteiger partial charge in [-0.05, 0) is 48.7 Å². The van der Waals surface area contributed by atoms with Crippen LogP contribution >= 0.6 is 11.8 Å². The first kappa shape index (κ1) is 31.4. The third kappa shape index (κ3) is 11.9. The normalized spacial score (nSPS) is 14.6. The summed E-state index contributed by atoms with van der Waals surface area (Å²) in [5, 5.41) is 17.6. The molecule has 4 unspecified atom stereocenters. The maximum absolute atomic E-state index is 13.3. The molecule has 10 heteroatoms. The van der Waals surface area contributed by atoms with Gasteiger partial charge in [-0.1, -0.05) is 58.0 Å². The summed E-state index contributed by atoms with van der Waals surface area (Å²) >= 11 is 1.53. The lowest BCUT2D eigenvalue weighted by Gasteiger charge is -2.26. The van der Waals surface area contributed by atoms with Crippen LogP contribution in [0.25, 0.3) is 0 Å². The monoisotopic (exact) mass is 522 g/mol. The van der Waals surface area contributed by atoms with Gasteiger partial charge in [-0.15, -0.1) is 0 Å². The molecule has 202 valence electrons. The van der Waals surface area contributed by atoms with Crippen molar-refractivity contribution in [2.24, 2.45) is 17.6 Å². The van der Waals surface area contributed by atoms with E-state index in [-0.39, 0.29) is 24.7 Å². The van der Waals surface area contributed by atoms with Gasteiger partial charge in [0.1, 0.15) is 18.1 Å². The fourth-order valence-corrected chi connectivity index (χ4v) is 4.17. The first-order valence-corrected chi connectivity index (χ1v) is 13.8. The Morgan fingerprint density at radius 1 is 0.833 bits per heavy atom. The van der Waals surface area contributed by atoms with E-state index < -0.39 is 47.9 Å². The molecule has 0 fully saturated rings. The summed E-state index contributed by atoms with van der Waals surface area (Å²) in [6.07, 6.45) is 3.16. The molecule has 0 aliphatic rings. The van der Waals surface area contributed by atoms with Gasteiger partial charge in [0.05, 0.1) is 6.04 Å². The molecule has 0 heterocycles. The van der Waals surface area contributed by atoms with Crippen LogP contribution in [0.1, 0.15) is 52.5 Å². The molecule has 36 heavy (non-hydrogen) atoms. The van der Waals surface area contributed by atoms with Crippen LogP contribution in [-0.2, 0) is 25.6 Å². The van der Waals surface area contributed by atoms with Gasteiger partial charge >= 0.3 is 5.97 Å². The standard InChI is InChI=1S/C26H42N4O5S/c1-16(2)13-19(27)23(31)28-20(11-12-36-5)24(32)29-21(15-18-9-7-6-8-10-18)25(33)30-22(26(34)35)14-17(3)4/h6-10,16-17,19-22H,11-15,27H2,1-5H3,(H,28,31)(H,29,32)(H,30,33)(H,34,35). The predicted molar refractivity (Wildman–Crippen MR) is 143 cm³/mol. The highest BCUT2D eigenvalue weighted by atomic mass is 32.2. The quantitative estimate of drug-likeness (QED) is 0.223. The Morgan fingerprint density at radius 2 is 1.36 bits per heavy atom. The lowest BCUT2D eigenvalue weighted by Crippen LogP contribution is -2.57. The molecule has 0 radical (unpaired) electrons. The second-order valence-corrected chi connectivity index (χ2v) is 10.8. The summed E-state index contributed by atoms with van der Waals surface area (Å²) in [7, 11) is 0. The molecule has 1 rings (SSSR count). The minimum Gasteiger partial charge on any atom is -0.480 e. The zero-order chi connectivity index (χ0) is 27.3. The molecule has 4 atom stereocenters. The van der Waals surface area contributed by atoms with E-state index in [0.29, 0.717) is 18.6 Å². The first-order chi connectivity index (χ1) is 16.9. The van der Waals surface area contributed by atoms with Crippen molar-refractivity contribution >= 4 is 35.5 Å². The fourth-order valence-electron chi connectivity index (χ4n) is 3.69. The van der Waals surface area contributed by atoms with Crippen LogP contribution in [0, 0.1) is 11.8 Å².